The zero-order valence-electron chi connectivity index (χ0n) is 17.8. The molecule has 166 valence electrons. The van der Waals surface area contributed by atoms with Crippen LogP contribution in [-0.4, -0.2) is 23.9 Å². The third-order valence-electron chi connectivity index (χ3n) is 5.13. The SMILES string of the molecule is CCCCCCCCCCN(CCCCC)C(=O)c1cccc(C(F)(F)F)c1F. The summed E-state index contributed by atoms with van der Waals surface area (Å²) < 4.78 is 53.3. The van der Waals surface area contributed by atoms with Crippen LogP contribution in [0.4, 0.5) is 17.6 Å². The van der Waals surface area contributed by atoms with Gasteiger partial charge in [0.2, 0.25) is 0 Å². The average Bonchev–Trinajstić information content (AvgIpc) is 2.67. The summed E-state index contributed by atoms with van der Waals surface area (Å²) in [5, 5.41) is 0. The lowest BCUT2D eigenvalue weighted by Gasteiger charge is -2.23. The van der Waals surface area contributed by atoms with Gasteiger partial charge in [0.25, 0.3) is 5.91 Å². The van der Waals surface area contributed by atoms with Crippen molar-refractivity contribution in [2.75, 3.05) is 13.1 Å². The van der Waals surface area contributed by atoms with E-state index in [1.54, 1.807) is 0 Å². The number of carbonyl (C=O) groups is 1. The topological polar surface area (TPSA) is 20.3 Å². The summed E-state index contributed by atoms with van der Waals surface area (Å²) in [6, 6.07) is 2.92. The van der Waals surface area contributed by atoms with Crippen LogP contribution >= 0.6 is 0 Å². The Balaban J connectivity index is 2.70. The second kappa shape index (κ2) is 13.6. The first-order chi connectivity index (χ1) is 13.8. The van der Waals surface area contributed by atoms with Crippen molar-refractivity contribution in [3.05, 3.63) is 35.1 Å². The molecule has 1 aromatic carbocycles. The minimum Gasteiger partial charge on any atom is -0.339 e. The molecule has 0 saturated carbocycles. The van der Waals surface area contributed by atoms with Gasteiger partial charge in [-0.05, 0) is 25.0 Å². The molecule has 1 rings (SSSR count). The fourth-order valence-electron chi connectivity index (χ4n) is 3.39. The standard InChI is InChI=1S/C23H35F4NO/c1-3-5-7-8-9-10-11-13-18-28(17-12-6-4-2)22(29)19-15-14-16-20(21(19)24)23(25,26)27/h14-16H,3-13,17-18H2,1-2H3. The van der Waals surface area contributed by atoms with Gasteiger partial charge in [-0.15, -0.1) is 0 Å². The molecule has 0 aliphatic heterocycles. The van der Waals surface area contributed by atoms with E-state index in [9.17, 15) is 22.4 Å². The Labute approximate surface area is 172 Å². The highest BCUT2D eigenvalue weighted by Crippen LogP contribution is 2.32. The third-order valence-corrected chi connectivity index (χ3v) is 5.13. The van der Waals surface area contributed by atoms with E-state index in [0.29, 0.717) is 19.2 Å². The molecule has 6 heteroatoms. The van der Waals surface area contributed by atoms with Crippen LogP contribution in [0.25, 0.3) is 0 Å². The number of hydrogen-bond donors (Lipinski definition) is 0. The molecule has 0 saturated heterocycles. The molecular formula is C23H35F4NO. The van der Waals surface area contributed by atoms with Crippen molar-refractivity contribution in [1.29, 1.82) is 0 Å². The molecule has 29 heavy (non-hydrogen) atoms. The Morgan fingerprint density at radius 2 is 1.31 bits per heavy atom. The Bertz CT molecular complexity index is 601. The molecule has 0 bridgehead atoms. The number of nitrogens with zero attached hydrogens (tertiary/aromatic N) is 1. The van der Waals surface area contributed by atoms with Gasteiger partial charge >= 0.3 is 6.18 Å². The lowest BCUT2D eigenvalue weighted by Crippen LogP contribution is -2.34. The van der Waals surface area contributed by atoms with Crippen LogP contribution in [0.5, 0.6) is 0 Å². The second-order valence-corrected chi connectivity index (χ2v) is 7.64. The van der Waals surface area contributed by atoms with Gasteiger partial charge in [-0.25, -0.2) is 4.39 Å². The van der Waals surface area contributed by atoms with Crippen molar-refractivity contribution >= 4 is 5.91 Å². The van der Waals surface area contributed by atoms with Crippen LogP contribution in [0, 0.1) is 5.82 Å². The third kappa shape index (κ3) is 9.18. The van der Waals surface area contributed by atoms with E-state index >= 15 is 0 Å². The Kier molecular flexibility index (Phi) is 11.9. The Hall–Kier alpha value is -1.59. The lowest BCUT2D eigenvalue weighted by molar-refractivity contribution is -0.140. The maximum Gasteiger partial charge on any atom is 0.419 e. The molecule has 0 aliphatic carbocycles. The maximum absolute atomic E-state index is 14.4. The first-order valence-corrected chi connectivity index (χ1v) is 11.0. The molecule has 1 amide bonds. The summed E-state index contributed by atoms with van der Waals surface area (Å²) in [5.41, 5.74) is -1.88. The van der Waals surface area contributed by atoms with Crippen molar-refractivity contribution in [1.82, 2.24) is 4.90 Å². The monoisotopic (exact) mass is 417 g/mol. The molecule has 0 heterocycles. The predicted molar refractivity (Wildman–Crippen MR) is 109 cm³/mol. The normalized spacial score (nSPS) is 11.7. The highest BCUT2D eigenvalue weighted by Gasteiger charge is 2.36. The zero-order chi connectivity index (χ0) is 21.7. The fraction of sp³-hybridized carbons (Fsp3) is 0.696. The van der Waals surface area contributed by atoms with Crippen molar-refractivity contribution in [2.24, 2.45) is 0 Å². The molecule has 0 aromatic heterocycles. The second-order valence-electron chi connectivity index (χ2n) is 7.64. The highest BCUT2D eigenvalue weighted by molar-refractivity contribution is 5.94. The quantitative estimate of drug-likeness (QED) is 0.225. The van der Waals surface area contributed by atoms with E-state index < -0.39 is 29.0 Å². The summed E-state index contributed by atoms with van der Waals surface area (Å²) in [6.07, 6.45) is 6.75. The minimum absolute atomic E-state index is 0.443. The number of alkyl halides is 3. The molecule has 0 radical (unpaired) electrons. The smallest absolute Gasteiger partial charge is 0.339 e. The maximum atomic E-state index is 14.4. The van der Waals surface area contributed by atoms with Gasteiger partial charge in [0.05, 0.1) is 11.1 Å². The molecule has 2 nitrogen and oxygen atoms in total. The van der Waals surface area contributed by atoms with Gasteiger partial charge in [0.15, 0.2) is 0 Å². The van der Waals surface area contributed by atoms with Crippen molar-refractivity contribution in [3.8, 4) is 0 Å². The fourth-order valence-corrected chi connectivity index (χ4v) is 3.39. The summed E-state index contributed by atoms with van der Waals surface area (Å²) in [4.78, 5) is 14.3. The van der Waals surface area contributed by atoms with Crippen LogP contribution in [0.2, 0.25) is 0 Å². The number of benzene rings is 1. The zero-order valence-corrected chi connectivity index (χ0v) is 17.8. The number of amides is 1. The first kappa shape index (κ1) is 25.4. The Morgan fingerprint density at radius 3 is 1.86 bits per heavy atom. The van der Waals surface area contributed by atoms with Crippen LogP contribution < -0.4 is 0 Å². The number of carbonyl (C=O) groups excluding carboxylic acids is 1. The summed E-state index contributed by atoms with van der Waals surface area (Å²) in [7, 11) is 0. The number of hydrogen-bond acceptors (Lipinski definition) is 1. The summed E-state index contributed by atoms with van der Waals surface area (Å²) >= 11 is 0. The van der Waals surface area contributed by atoms with Crippen LogP contribution in [0.15, 0.2) is 18.2 Å². The predicted octanol–water partition coefficient (Wildman–Crippen LogP) is 7.62. The van der Waals surface area contributed by atoms with Crippen molar-refractivity contribution < 1.29 is 22.4 Å². The van der Waals surface area contributed by atoms with Gasteiger partial charge in [-0.3, -0.25) is 4.79 Å². The van der Waals surface area contributed by atoms with E-state index in [2.05, 4.69) is 6.92 Å². The largest absolute Gasteiger partial charge is 0.419 e. The molecule has 0 unspecified atom stereocenters. The molecule has 0 N–H and O–H groups in total. The summed E-state index contributed by atoms with van der Waals surface area (Å²) in [5.74, 6) is -2.12. The highest BCUT2D eigenvalue weighted by atomic mass is 19.4. The Morgan fingerprint density at radius 1 is 0.828 bits per heavy atom. The minimum atomic E-state index is -4.81. The van der Waals surface area contributed by atoms with Crippen molar-refractivity contribution in [3.63, 3.8) is 0 Å². The molecule has 0 fully saturated rings. The lowest BCUT2D eigenvalue weighted by atomic mass is 10.1. The van der Waals surface area contributed by atoms with E-state index in [-0.39, 0.29) is 0 Å². The molecule has 1 aromatic rings. The summed E-state index contributed by atoms with van der Waals surface area (Å²) in [6.45, 7) is 5.11. The molecule has 0 aliphatic rings. The van der Waals surface area contributed by atoms with E-state index in [1.807, 2.05) is 6.92 Å². The van der Waals surface area contributed by atoms with Gasteiger partial charge in [0, 0.05) is 13.1 Å². The van der Waals surface area contributed by atoms with Gasteiger partial charge in [-0.1, -0.05) is 77.7 Å². The van der Waals surface area contributed by atoms with E-state index in [4.69, 9.17) is 0 Å². The van der Waals surface area contributed by atoms with Gasteiger partial charge < -0.3 is 4.90 Å². The van der Waals surface area contributed by atoms with E-state index in [1.165, 1.54) is 30.6 Å². The van der Waals surface area contributed by atoms with Gasteiger partial charge in [-0.2, -0.15) is 13.2 Å². The number of halogens is 4. The average molecular weight is 418 g/mol. The number of rotatable bonds is 14. The molecule has 0 spiro atoms. The first-order valence-electron chi connectivity index (χ1n) is 11.0. The van der Waals surface area contributed by atoms with Gasteiger partial charge in [0.1, 0.15) is 5.82 Å². The van der Waals surface area contributed by atoms with Crippen LogP contribution in [-0.2, 0) is 6.18 Å². The van der Waals surface area contributed by atoms with Crippen LogP contribution in [0.3, 0.4) is 0 Å². The van der Waals surface area contributed by atoms with Crippen LogP contribution in [0.1, 0.15) is 100 Å². The molecule has 0 atom stereocenters. The van der Waals surface area contributed by atoms with Crippen molar-refractivity contribution in [2.45, 2.75) is 90.7 Å². The van der Waals surface area contributed by atoms with E-state index in [0.717, 1.165) is 57.1 Å². The number of unbranched alkanes of at least 4 members (excludes halogenated alkanes) is 9. The molecular weight excluding hydrogens is 382 g/mol.